The molecular weight excluding hydrogens is 240 g/mol. The van der Waals surface area contributed by atoms with Gasteiger partial charge in [0.15, 0.2) is 0 Å². The van der Waals surface area contributed by atoms with E-state index in [1.54, 1.807) is 0 Å². The summed E-state index contributed by atoms with van der Waals surface area (Å²) in [5.41, 5.74) is 5.54. The third kappa shape index (κ3) is 6.31. The summed E-state index contributed by atoms with van der Waals surface area (Å²) in [5.74, 6) is 1.49. The predicted molar refractivity (Wildman–Crippen MR) is 93.0 cm³/mol. The zero-order valence-corrected chi connectivity index (χ0v) is 15.2. The highest BCUT2D eigenvalue weighted by molar-refractivity contribution is 5.06. The molecule has 0 saturated heterocycles. The second kappa shape index (κ2) is 10.3. The molecule has 0 rings (SSSR count). The maximum absolute atomic E-state index is 3.53. The molecule has 3 atom stereocenters. The second-order valence-electron chi connectivity index (χ2n) is 6.86. The average Bonchev–Trinajstić information content (AvgIpc) is 2.43. The van der Waals surface area contributed by atoms with Crippen molar-refractivity contribution in [2.45, 2.75) is 93.4 Å². The van der Waals surface area contributed by atoms with Gasteiger partial charge in [0.25, 0.3) is 0 Å². The normalized spacial score (nSPS) is 16.9. The summed E-state index contributed by atoms with van der Waals surface area (Å²) in [7, 11) is 0. The van der Waals surface area contributed by atoms with Gasteiger partial charge in [0.2, 0.25) is 0 Å². The molecule has 0 N–H and O–H groups in total. The molecule has 0 fully saturated rings. The first-order valence-corrected chi connectivity index (χ1v) is 8.85. The molecule has 0 nitrogen and oxygen atoms in total. The highest BCUT2D eigenvalue weighted by Gasteiger charge is 2.31. The van der Waals surface area contributed by atoms with Crippen molar-refractivity contribution in [3.8, 4) is 0 Å². The quantitative estimate of drug-likeness (QED) is 0.372. The van der Waals surface area contributed by atoms with Crippen LogP contribution in [0.15, 0.2) is 17.4 Å². The van der Waals surface area contributed by atoms with Gasteiger partial charge in [-0.3, -0.25) is 0 Å². The second-order valence-corrected chi connectivity index (χ2v) is 6.86. The number of rotatable bonds is 10. The molecule has 3 unspecified atom stereocenters. The molecule has 0 aliphatic heterocycles. The first kappa shape index (κ1) is 19.5. The Bertz CT molecular complexity index is 306. The molecule has 0 spiro atoms. The van der Waals surface area contributed by atoms with E-state index in [4.69, 9.17) is 0 Å². The van der Waals surface area contributed by atoms with E-state index in [1.807, 2.05) is 0 Å². The summed E-state index contributed by atoms with van der Waals surface area (Å²) >= 11 is 0. The number of unbranched alkanes of at least 4 members (excludes halogenated alkanes) is 1. The third-order valence-electron chi connectivity index (χ3n) is 5.22. The molecule has 0 heterocycles. The molecule has 20 heavy (non-hydrogen) atoms. The Morgan fingerprint density at radius 3 is 2.25 bits per heavy atom. The molecule has 0 radical (unpaired) electrons. The van der Waals surface area contributed by atoms with Crippen LogP contribution in [0.1, 0.15) is 93.4 Å². The third-order valence-corrected chi connectivity index (χ3v) is 5.22. The Hall–Kier alpha value is -0.480. The molecule has 0 aromatic rings. The van der Waals surface area contributed by atoms with Crippen LogP contribution >= 0.6 is 0 Å². The van der Waals surface area contributed by atoms with E-state index < -0.39 is 0 Å². The van der Waals surface area contributed by atoms with Gasteiger partial charge in [-0.05, 0) is 55.1 Å². The van der Waals surface area contributed by atoms with Crippen molar-refractivity contribution in [2.75, 3.05) is 0 Å². The zero-order chi connectivity index (χ0) is 15.6. The number of hydrogen-bond donors (Lipinski definition) is 0. The van der Waals surface area contributed by atoms with Crippen molar-refractivity contribution in [1.29, 1.82) is 0 Å². The van der Waals surface area contributed by atoms with Crippen LogP contribution in [0.3, 0.4) is 0 Å². The number of hydrogen-bond acceptors (Lipinski definition) is 0. The van der Waals surface area contributed by atoms with E-state index in [1.165, 1.54) is 50.5 Å². The molecule has 0 amide bonds. The molecule has 0 aromatic carbocycles. The van der Waals surface area contributed by atoms with Crippen LogP contribution in [-0.4, -0.2) is 0 Å². The van der Waals surface area contributed by atoms with E-state index in [0.29, 0.717) is 11.3 Å². The van der Waals surface area contributed by atoms with Gasteiger partial charge in [-0.15, -0.1) is 5.73 Å². The first-order valence-electron chi connectivity index (χ1n) is 8.85. The van der Waals surface area contributed by atoms with Crippen molar-refractivity contribution in [1.82, 2.24) is 0 Å². The highest BCUT2D eigenvalue weighted by atomic mass is 14.4. The maximum atomic E-state index is 3.53. The number of allylic oxidation sites excluding steroid dienone is 1. The lowest BCUT2D eigenvalue weighted by atomic mass is 9.68. The smallest absolute Gasteiger partial charge is 0.0150 e. The Morgan fingerprint density at radius 2 is 1.80 bits per heavy atom. The topological polar surface area (TPSA) is 0 Å². The van der Waals surface area contributed by atoms with Crippen molar-refractivity contribution >= 4 is 0 Å². The molecule has 0 aromatic heterocycles. The molecule has 0 aliphatic carbocycles. The molecule has 118 valence electrons. The van der Waals surface area contributed by atoms with Crippen molar-refractivity contribution in [2.24, 2.45) is 17.3 Å². The van der Waals surface area contributed by atoms with Gasteiger partial charge in [0.05, 0.1) is 0 Å². The molecule has 0 bridgehead atoms. The summed E-state index contributed by atoms with van der Waals surface area (Å²) in [5, 5.41) is 0. The van der Waals surface area contributed by atoms with Gasteiger partial charge < -0.3 is 0 Å². The van der Waals surface area contributed by atoms with E-state index in [9.17, 15) is 0 Å². The molecular formula is C20H38. The minimum Gasteiger partial charge on any atom is -0.126 e. The Kier molecular flexibility index (Phi) is 10.0. The van der Waals surface area contributed by atoms with E-state index in [0.717, 1.165) is 5.92 Å². The van der Waals surface area contributed by atoms with Gasteiger partial charge in [0.1, 0.15) is 0 Å². The van der Waals surface area contributed by atoms with E-state index in [2.05, 4.69) is 60.3 Å². The predicted octanol–water partition coefficient (Wildman–Crippen LogP) is 7.16. The monoisotopic (exact) mass is 278 g/mol. The summed E-state index contributed by atoms with van der Waals surface area (Å²) in [4.78, 5) is 0. The molecule has 0 aliphatic rings. The minimum atomic E-state index is 0.475. The van der Waals surface area contributed by atoms with Crippen molar-refractivity contribution in [3.63, 3.8) is 0 Å². The Labute approximate surface area is 128 Å². The van der Waals surface area contributed by atoms with Crippen LogP contribution in [0.25, 0.3) is 0 Å². The van der Waals surface area contributed by atoms with E-state index >= 15 is 0 Å². The van der Waals surface area contributed by atoms with Crippen LogP contribution in [0, 0.1) is 17.3 Å². The largest absolute Gasteiger partial charge is 0.126 e. The molecule has 0 saturated carbocycles. The van der Waals surface area contributed by atoms with Crippen LogP contribution in [0.2, 0.25) is 0 Å². The van der Waals surface area contributed by atoms with Gasteiger partial charge >= 0.3 is 0 Å². The van der Waals surface area contributed by atoms with Gasteiger partial charge in [-0.25, -0.2) is 0 Å². The van der Waals surface area contributed by atoms with Crippen LogP contribution in [0.4, 0.5) is 0 Å². The fourth-order valence-corrected chi connectivity index (χ4v) is 3.31. The van der Waals surface area contributed by atoms with Crippen molar-refractivity contribution < 1.29 is 0 Å². The summed E-state index contributed by atoms with van der Waals surface area (Å²) in [6, 6.07) is 0. The Balaban J connectivity index is 4.89. The average molecular weight is 279 g/mol. The fraction of sp³-hybridized carbons (Fsp3) is 0.850. The van der Waals surface area contributed by atoms with Crippen molar-refractivity contribution in [3.05, 3.63) is 17.4 Å². The lowest BCUT2D eigenvalue weighted by Crippen LogP contribution is -2.27. The van der Waals surface area contributed by atoms with Gasteiger partial charge in [0, 0.05) is 0 Å². The van der Waals surface area contributed by atoms with E-state index in [-0.39, 0.29) is 0 Å². The lowest BCUT2D eigenvalue weighted by molar-refractivity contribution is 0.145. The van der Waals surface area contributed by atoms with Gasteiger partial charge in [-0.2, -0.15) is 0 Å². The first-order chi connectivity index (χ1) is 9.45. The lowest BCUT2D eigenvalue weighted by Gasteiger charge is -2.37. The summed E-state index contributed by atoms with van der Waals surface area (Å²) in [6.07, 6.45) is 11.2. The minimum absolute atomic E-state index is 0.475. The molecule has 0 heteroatoms. The standard InChI is InChI=1S/C20H38/c1-8-12-15-19(14-10-3)17(5)16-20(7,11-4)18(6)13-9-2/h10,17-18H,8-9,11-13,15-16H2,1-7H3. The van der Waals surface area contributed by atoms with Gasteiger partial charge in [-0.1, -0.05) is 67.2 Å². The SMILES string of the molecule is CC=C=C(CCCC)C(C)CC(C)(CC)C(C)CCC. The van der Waals surface area contributed by atoms with Crippen LogP contribution < -0.4 is 0 Å². The zero-order valence-electron chi connectivity index (χ0n) is 15.2. The highest BCUT2D eigenvalue weighted by Crippen LogP contribution is 2.41. The summed E-state index contributed by atoms with van der Waals surface area (Å²) < 4.78 is 0. The van der Waals surface area contributed by atoms with Crippen LogP contribution in [0.5, 0.6) is 0 Å². The summed E-state index contributed by atoms with van der Waals surface area (Å²) in [6.45, 7) is 16.4. The fourth-order valence-electron chi connectivity index (χ4n) is 3.31. The maximum Gasteiger partial charge on any atom is -0.0150 e. The van der Waals surface area contributed by atoms with Crippen LogP contribution in [-0.2, 0) is 0 Å². The Morgan fingerprint density at radius 1 is 1.15 bits per heavy atom.